The molecule has 2 aliphatic heterocycles. The Labute approximate surface area is 292 Å². The Bertz CT molecular complexity index is 1810. The number of nitrogens with one attached hydrogen (secondary N) is 1. The predicted molar refractivity (Wildman–Crippen MR) is 179 cm³/mol. The summed E-state index contributed by atoms with van der Waals surface area (Å²) in [4.78, 5) is 15.0. The molecule has 2 aliphatic rings. The molecule has 270 valence electrons. The molecule has 7 nitrogen and oxygen atoms in total. The van der Waals surface area contributed by atoms with Crippen molar-refractivity contribution < 1.29 is 46.1 Å². The van der Waals surface area contributed by atoms with E-state index in [4.69, 9.17) is 14.2 Å². The highest BCUT2D eigenvalue weighted by atomic mass is 19.2. The Morgan fingerprint density at radius 3 is 2.20 bits per heavy atom. The van der Waals surface area contributed by atoms with Crippen molar-refractivity contribution in [2.75, 3.05) is 26.8 Å². The van der Waals surface area contributed by atoms with Crippen LogP contribution in [0.3, 0.4) is 0 Å². The summed E-state index contributed by atoms with van der Waals surface area (Å²) in [6.07, 6.45) is 1.01. The van der Waals surface area contributed by atoms with Gasteiger partial charge in [-0.25, -0.2) is 22.0 Å². The maximum absolute atomic E-state index is 14.2. The molecule has 0 aromatic heterocycles. The van der Waals surface area contributed by atoms with Gasteiger partial charge in [-0.2, -0.15) is 0 Å². The quantitative estimate of drug-likeness (QED) is 0.0962. The van der Waals surface area contributed by atoms with Crippen molar-refractivity contribution >= 4 is 5.91 Å². The van der Waals surface area contributed by atoms with Gasteiger partial charge >= 0.3 is 0 Å². The maximum Gasteiger partial charge on any atom is 0.257 e. The highest BCUT2D eigenvalue weighted by Crippen LogP contribution is 2.42. The van der Waals surface area contributed by atoms with E-state index in [1.54, 1.807) is 31.4 Å². The molecule has 1 amide bonds. The lowest BCUT2D eigenvalue weighted by molar-refractivity contribution is -0.276. The number of benzene rings is 4. The van der Waals surface area contributed by atoms with E-state index in [0.717, 1.165) is 41.6 Å². The number of ether oxygens (including phenoxy) is 3. The van der Waals surface area contributed by atoms with E-state index in [-0.39, 0.29) is 31.3 Å². The lowest BCUT2D eigenvalue weighted by Gasteiger charge is -2.43. The van der Waals surface area contributed by atoms with Crippen LogP contribution < -0.4 is 5.32 Å². The van der Waals surface area contributed by atoms with Gasteiger partial charge < -0.3 is 24.6 Å². The molecule has 2 heterocycles. The summed E-state index contributed by atoms with van der Waals surface area (Å²) < 4.78 is 88.2. The first kappa shape index (κ1) is 36.6. The number of likely N-dealkylation sites (tertiary alicyclic amines) is 1. The van der Waals surface area contributed by atoms with Gasteiger partial charge in [-0.05, 0) is 47.2 Å². The molecule has 4 aromatic rings. The summed E-state index contributed by atoms with van der Waals surface area (Å²) >= 11 is 0. The Hall–Kier alpha value is -4.20. The third-order valence-corrected chi connectivity index (χ3v) is 9.78. The lowest BCUT2D eigenvalue weighted by Crippen LogP contribution is -2.46. The largest absolute Gasteiger partial charge is 0.392 e. The molecular weight excluding hydrogens is 671 g/mol. The zero-order valence-electron chi connectivity index (χ0n) is 28.2. The number of hydrogen-bond acceptors (Lipinski definition) is 6. The third kappa shape index (κ3) is 7.70. The number of carbonyl (C=O) groups excluding carboxylic acids is 1. The van der Waals surface area contributed by atoms with Crippen molar-refractivity contribution in [2.45, 2.75) is 57.5 Å². The van der Waals surface area contributed by atoms with Gasteiger partial charge in [0.15, 0.2) is 29.6 Å². The standard InChI is InChI=1S/C39H39F5N2O5/c1-22-30(19-46-17-5-7-28(46)21-49-2)50-39(51-37(22)25-11-9-23(20-47)10-12-25)26-15-13-24(14-16-26)29-8-4-3-6-27(29)18-45-38(48)31-32(40)34(42)36(44)35(43)33(31)41/h3-4,6,8-16,22,28,30,37,39,47H,5,7,17-21H2,1-2H3,(H,45,48). The van der Waals surface area contributed by atoms with Gasteiger partial charge in [0.2, 0.25) is 5.82 Å². The minimum Gasteiger partial charge on any atom is -0.392 e. The summed E-state index contributed by atoms with van der Waals surface area (Å²) in [6.45, 7) is 4.13. The topological polar surface area (TPSA) is 80.3 Å². The summed E-state index contributed by atoms with van der Waals surface area (Å²) in [5.74, 6) is -12.5. The first-order valence-electron chi connectivity index (χ1n) is 16.8. The van der Waals surface area contributed by atoms with Crippen molar-refractivity contribution in [2.24, 2.45) is 5.92 Å². The van der Waals surface area contributed by atoms with E-state index in [1.807, 2.05) is 48.5 Å². The monoisotopic (exact) mass is 710 g/mol. The molecule has 0 aliphatic carbocycles. The fourth-order valence-corrected chi connectivity index (χ4v) is 6.92. The number of methoxy groups -OCH3 is 1. The summed E-state index contributed by atoms with van der Waals surface area (Å²) in [6, 6.07) is 22.5. The van der Waals surface area contributed by atoms with Crippen LogP contribution >= 0.6 is 0 Å². The number of aliphatic hydroxyl groups is 1. The summed E-state index contributed by atoms with van der Waals surface area (Å²) in [7, 11) is 1.71. The molecule has 0 saturated carbocycles. The van der Waals surface area contributed by atoms with Gasteiger partial charge in [0.25, 0.3) is 5.91 Å². The van der Waals surface area contributed by atoms with E-state index in [2.05, 4.69) is 17.1 Å². The average Bonchev–Trinajstić information content (AvgIpc) is 3.59. The molecule has 4 aromatic carbocycles. The second kappa shape index (κ2) is 16.0. The Morgan fingerprint density at radius 1 is 0.882 bits per heavy atom. The molecule has 2 fully saturated rings. The molecule has 5 unspecified atom stereocenters. The number of hydrogen-bond donors (Lipinski definition) is 2. The molecular formula is C39H39F5N2O5. The van der Waals surface area contributed by atoms with Gasteiger partial charge in [0.1, 0.15) is 5.56 Å². The van der Waals surface area contributed by atoms with Crippen molar-refractivity contribution in [1.29, 1.82) is 0 Å². The second-order valence-corrected chi connectivity index (χ2v) is 13.0. The number of nitrogens with zero attached hydrogens (tertiary/aromatic N) is 1. The van der Waals surface area contributed by atoms with Gasteiger partial charge in [-0.1, -0.05) is 79.7 Å². The minimum atomic E-state index is -2.33. The van der Waals surface area contributed by atoms with Crippen LogP contribution in [0, 0.1) is 35.0 Å². The normalized spacial score (nSPS) is 22.3. The first-order chi connectivity index (χ1) is 24.6. The van der Waals surface area contributed by atoms with E-state index in [9.17, 15) is 31.9 Å². The van der Waals surface area contributed by atoms with E-state index in [1.165, 1.54) is 0 Å². The molecule has 2 saturated heterocycles. The summed E-state index contributed by atoms with van der Waals surface area (Å²) in [5, 5.41) is 11.9. The molecule has 0 radical (unpaired) electrons. The molecule has 12 heteroatoms. The minimum absolute atomic E-state index is 0.0104. The Kier molecular flexibility index (Phi) is 11.5. The molecule has 5 atom stereocenters. The van der Waals surface area contributed by atoms with Gasteiger partial charge in [0, 0.05) is 37.7 Å². The smallest absolute Gasteiger partial charge is 0.257 e. The number of rotatable bonds is 11. The van der Waals surface area contributed by atoms with Gasteiger partial charge in [-0.3, -0.25) is 9.69 Å². The van der Waals surface area contributed by atoms with Crippen LogP contribution in [-0.2, 0) is 27.4 Å². The van der Waals surface area contributed by atoms with Crippen LogP contribution in [0.2, 0.25) is 0 Å². The van der Waals surface area contributed by atoms with Crippen LogP contribution in [0.15, 0.2) is 72.8 Å². The molecule has 6 rings (SSSR count). The SMILES string of the molecule is COCC1CCCN1CC1OC(c2ccc(-c3ccccc3CNC(=O)c3c(F)c(F)c(F)c(F)c3F)cc2)OC(c2ccc(CO)cc2)C1C. The lowest BCUT2D eigenvalue weighted by atomic mass is 9.89. The number of aliphatic hydroxyl groups excluding tert-OH is 1. The molecule has 2 N–H and O–H groups in total. The van der Waals surface area contributed by atoms with Crippen molar-refractivity contribution in [1.82, 2.24) is 10.2 Å². The van der Waals surface area contributed by atoms with Crippen LogP contribution in [0.5, 0.6) is 0 Å². The fraction of sp³-hybridized carbons (Fsp3) is 0.359. The molecule has 51 heavy (non-hydrogen) atoms. The van der Waals surface area contributed by atoms with Crippen molar-refractivity contribution in [3.05, 3.63) is 130 Å². The van der Waals surface area contributed by atoms with E-state index < -0.39 is 46.8 Å². The molecule has 0 spiro atoms. The van der Waals surface area contributed by atoms with Crippen molar-refractivity contribution in [3.8, 4) is 11.1 Å². The third-order valence-electron chi connectivity index (χ3n) is 9.78. The van der Waals surface area contributed by atoms with Crippen molar-refractivity contribution in [3.63, 3.8) is 0 Å². The number of halogens is 5. The Morgan fingerprint density at radius 2 is 1.53 bits per heavy atom. The van der Waals surface area contributed by atoms with Gasteiger partial charge in [0.05, 0.1) is 25.4 Å². The van der Waals surface area contributed by atoms with Crippen LogP contribution in [0.4, 0.5) is 22.0 Å². The van der Waals surface area contributed by atoms with Crippen LogP contribution in [0.1, 0.15) is 64.8 Å². The van der Waals surface area contributed by atoms with Gasteiger partial charge in [-0.15, -0.1) is 0 Å². The zero-order valence-corrected chi connectivity index (χ0v) is 28.2. The van der Waals surface area contributed by atoms with Crippen LogP contribution in [0.25, 0.3) is 11.1 Å². The fourth-order valence-electron chi connectivity index (χ4n) is 6.92. The summed E-state index contributed by atoms with van der Waals surface area (Å²) in [5.41, 5.74) is 2.99. The second-order valence-electron chi connectivity index (χ2n) is 13.0. The number of carbonyl (C=O) groups is 1. The highest BCUT2D eigenvalue weighted by Gasteiger charge is 2.40. The van der Waals surface area contributed by atoms with Crippen LogP contribution in [-0.4, -0.2) is 54.9 Å². The van der Waals surface area contributed by atoms with E-state index in [0.29, 0.717) is 30.3 Å². The predicted octanol–water partition coefficient (Wildman–Crippen LogP) is 7.37. The Balaban J connectivity index is 1.22. The highest BCUT2D eigenvalue weighted by molar-refractivity contribution is 5.95. The maximum atomic E-state index is 14.2. The van der Waals surface area contributed by atoms with E-state index >= 15 is 0 Å². The average molecular weight is 711 g/mol. The molecule has 0 bridgehead atoms. The zero-order chi connectivity index (χ0) is 36.2. The first-order valence-corrected chi connectivity index (χ1v) is 16.8. The number of amides is 1.